The molecule has 0 saturated carbocycles. The maximum atomic E-state index is 12.5. The van der Waals surface area contributed by atoms with Crippen molar-refractivity contribution in [3.8, 4) is 0 Å². The topological polar surface area (TPSA) is 26.3 Å². The van der Waals surface area contributed by atoms with Gasteiger partial charge < -0.3 is 4.74 Å². The minimum Gasteiger partial charge on any atom is -0.494 e. The first-order valence-corrected chi connectivity index (χ1v) is 7.84. The van der Waals surface area contributed by atoms with Crippen LogP contribution in [0.1, 0.15) is 65.2 Å². The molecule has 1 heterocycles. The fraction of sp³-hybridized carbons (Fsp3) is 0.706. The molecule has 0 aromatic heterocycles. The van der Waals surface area contributed by atoms with Crippen molar-refractivity contribution in [1.82, 2.24) is 0 Å². The molecule has 104 valence electrons. The molecule has 0 spiro atoms. The van der Waals surface area contributed by atoms with Crippen LogP contribution in [0.3, 0.4) is 0 Å². The third-order valence-corrected chi connectivity index (χ3v) is 5.29. The molecule has 2 atom stereocenters. The molecule has 0 aromatic rings. The van der Waals surface area contributed by atoms with Gasteiger partial charge in [0.2, 0.25) is 0 Å². The predicted octanol–water partition coefficient (Wildman–Crippen LogP) is 4.31. The predicted molar refractivity (Wildman–Crippen MR) is 75.7 cm³/mol. The highest BCUT2D eigenvalue weighted by atomic mass is 16.5. The molecule has 1 aliphatic heterocycles. The van der Waals surface area contributed by atoms with Crippen molar-refractivity contribution in [2.75, 3.05) is 0 Å². The zero-order valence-electron chi connectivity index (χ0n) is 12.1. The van der Waals surface area contributed by atoms with Gasteiger partial charge in [-0.15, -0.1) is 0 Å². The molecule has 0 N–H and O–H groups in total. The van der Waals surface area contributed by atoms with E-state index in [0.717, 1.165) is 51.4 Å². The fourth-order valence-corrected chi connectivity index (χ4v) is 4.07. The van der Waals surface area contributed by atoms with E-state index in [9.17, 15) is 4.79 Å². The van der Waals surface area contributed by atoms with Gasteiger partial charge in [0.05, 0.1) is 17.3 Å². The third-order valence-electron chi connectivity index (χ3n) is 5.29. The molecular formula is C17H24O2. The summed E-state index contributed by atoms with van der Waals surface area (Å²) in [5, 5.41) is 0. The summed E-state index contributed by atoms with van der Waals surface area (Å²) in [6, 6.07) is 0. The minimum absolute atomic E-state index is 0.167. The van der Waals surface area contributed by atoms with E-state index in [1.807, 2.05) is 0 Å². The average Bonchev–Trinajstić information content (AvgIpc) is 2.47. The number of Topliss-reactive ketones (excluding diaryl/α,β-unsaturated/α-hetero) is 1. The molecule has 2 heteroatoms. The average molecular weight is 260 g/mol. The lowest BCUT2D eigenvalue weighted by Crippen LogP contribution is -2.40. The van der Waals surface area contributed by atoms with E-state index >= 15 is 0 Å². The summed E-state index contributed by atoms with van der Waals surface area (Å²) in [7, 11) is 0. The third kappa shape index (κ3) is 1.87. The molecule has 0 aromatic carbocycles. The number of hydrogen-bond acceptors (Lipinski definition) is 2. The molecule has 2 nitrogen and oxygen atoms in total. The minimum atomic E-state index is -0.167. The van der Waals surface area contributed by atoms with Crippen molar-refractivity contribution in [3.63, 3.8) is 0 Å². The monoisotopic (exact) mass is 260 g/mol. The van der Waals surface area contributed by atoms with Gasteiger partial charge in [-0.25, -0.2) is 0 Å². The molecular weight excluding hydrogens is 236 g/mol. The summed E-state index contributed by atoms with van der Waals surface area (Å²) in [5.74, 6) is 1.67. The standard InChI is InChI=1S/C17H24O2/c1-3-12-8-9-13-14-6-5-7-16(18)17(14,4-2)11-10-15(13)19-12/h6,12H,3-5,7-11H2,1-2H3/t12?,17-/m0/s1. The van der Waals surface area contributed by atoms with E-state index in [-0.39, 0.29) is 5.41 Å². The van der Waals surface area contributed by atoms with E-state index in [2.05, 4.69) is 19.9 Å². The lowest BCUT2D eigenvalue weighted by molar-refractivity contribution is -0.128. The Hall–Kier alpha value is -1.05. The largest absolute Gasteiger partial charge is 0.494 e. The maximum Gasteiger partial charge on any atom is 0.143 e. The Labute approximate surface area is 115 Å². The van der Waals surface area contributed by atoms with Crippen LogP contribution < -0.4 is 0 Å². The van der Waals surface area contributed by atoms with Crippen molar-refractivity contribution in [3.05, 3.63) is 23.0 Å². The van der Waals surface area contributed by atoms with Gasteiger partial charge in [0.15, 0.2) is 0 Å². The van der Waals surface area contributed by atoms with Crippen molar-refractivity contribution >= 4 is 5.78 Å². The molecule has 0 radical (unpaired) electrons. The zero-order chi connectivity index (χ0) is 13.5. The van der Waals surface area contributed by atoms with E-state index in [0.29, 0.717) is 11.9 Å². The van der Waals surface area contributed by atoms with Crippen LogP contribution >= 0.6 is 0 Å². The Morgan fingerprint density at radius 2 is 2.16 bits per heavy atom. The van der Waals surface area contributed by atoms with Crippen molar-refractivity contribution < 1.29 is 9.53 Å². The summed E-state index contributed by atoms with van der Waals surface area (Å²) in [5.41, 5.74) is 2.55. The van der Waals surface area contributed by atoms with Crippen LogP contribution in [0.25, 0.3) is 0 Å². The van der Waals surface area contributed by atoms with Crippen LogP contribution in [-0.2, 0) is 9.53 Å². The second kappa shape index (κ2) is 4.81. The number of allylic oxidation sites excluding steroid dienone is 4. The van der Waals surface area contributed by atoms with Gasteiger partial charge >= 0.3 is 0 Å². The first kappa shape index (κ1) is 13.0. The normalized spacial score (nSPS) is 34.3. The summed E-state index contributed by atoms with van der Waals surface area (Å²) in [6.45, 7) is 4.36. The van der Waals surface area contributed by atoms with E-state index in [1.54, 1.807) is 0 Å². The summed E-state index contributed by atoms with van der Waals surface area (Å²) in [6.07, 6.45) is 10.6. The highest BCUT2D eigenvalue weighted by Gasteiger charge is 2.46. The highest BCUT2D eigenvalue weighted by molar-refractivity contribution is 5.91. The van der Waals surface area contributed by atoms with Crippen LogP contribution in [0.4, 0.5) is 0 Å². The Morgan fingerprint density at radius 1 is 1.32 bits per heavy atom. The number of hydrogen-bond donors (Lipinski definition) is 0. The van der Waals surface area contributed by atoms with Crippen molar-refractivity contribution in [2.24, 2.45) is 5.41 Å². The quantitative estimate of drug-likeness (QED) is 0.739. The van der Waals surface area contributed by atoms with Crippen molar-refractivity contribution in [2.45, 2.75) is 71.3 Å². The van der Waals surface area contributed by atoms with Gasteiger partial charge in [0.1, 0.15) is 5.78 Å². The van der Waals surface area contributed by atoms with Crippen LogP contribution in [0.15, 0.2) is 23.0 Å². The van der Waals surface area contributed by atoms with Gasteiger partial charge in [0, 0.05) is 12.8 Å². The first-order valence-electron chi connectivity index (χ1n) is 7.84. The highest BCUT2D eigenvalue weighted by Crippen LogP contribution is 2.52. The number of ketones is 1. The lowest BCUT2D eigenvalue weighted by Gasteiger charge is -2.44. The Bertz CT molecular complexity index is 458. The van der Waals surface area contributed by atoms with E-state index in [4.69, 9.17) is 4.74 Å². The second-order valence-electron chi connectivity index (χ2n) is 6.10. The first-order chi connectivity index (χ1) is 9.21. The van der Waals surface area contributed by atoms with Crippen molar-refractivity contribution in [1.29, 1.82) is 0 Å². The number of carbonyl (C=O) groups is 1. The van der Waals surface area contributed by atoms with Crippen LogP contribution in [0.5, 0.6) is 0 Å². The Balaban J connectivity index is 2.00. The van der Waals surface area contributed by atoms with E-state index in [1.165, 1.54) is 16.9 Å². The lowest BCUT2D eigenvalue weighted by atomic mass is 9.61. The smallest absolute Gasteiger partial charge is 0.143 e. The van der Waals surface area contributed by atoms with Crippen LogP contribution in [0.2, 0.25) is 0 Å². The molecule has 1 unspecified atom stereocenters. The molecule has 0 saturated heterocycles. The van der Waals surface area contributed by atoms with Crippen LogP contribution in [-0.4, -0.2) is 11.9 Å². The SMILES string of the molecule is CCC1CCC2=C(CC[C@]3(CC)C(=O)CCC=C23)O1. The molecule has 3 aliphatic rings. The second-order valence-corrected chi connectivity index (χ2v) is 6.10. The number of ether oxygens (including phenoxy) is 1. The van der Waals surface area contributed by atoms with Crippen LogP contribution in [0, 0.1) is 5.41 Å². The van der Waals surface area contributed by atoms with Gasteiger partial charge in [0.25, 0.3) is 0 Å². The summed E-state index contributed by atoms with van der Waals surface area (Å²) in [4.78, 5) is 12.5. The molecule has 2 aliphatic carbocycles. The Morgan fingerprint density at radius 3 is 2.89 bits per heavy atom. The van der Waals surface area contributed by atoms with Gasteiger partial charge in [-0.3, -0.25) is 4.79 Å². The summed E-state index contributed by atoms with van der Waals surface area (Å²) < 4.78 is 6.14. The van der Waals surface area contributed by atoms with Gasteiger partial charge in [-0.05, 0) is 49.7 Å². The van der Waals surface area contributed by atoms with Gasteiger partial charge in [-0.2, -0.15) is 0 Å². The molecule has 3 rings (SSSR count). The molecule has 0 bridgehead atoms. The molecule has 0 amide bonds. The van der Waals surface area contributed by atoms with Gasteiger partial charge in [-0.1, -0.05) is 19.9 Å². The fourth-order valence-electron chi connectivity index (χ4n) is 4.07. The summed E-state index contributed by atoms with van der Waals surface area (Å²) >= 11 is 0. The van der Waals surface area contributed by atoms with E-state index < -0.39 is 0 Å². The number of rotatable bonds is 2. The number of carbonyl (C=O) groups excluding carboxylic acids is 1. The molecule has 0 fully saturated rings. The maximum absolute atomic E-state index is 12.5. The zero-order valence-corrected chi connectivity index (χ0v) is 12.1. The number of fused-ring (bicyclic) bond motifs is 2. The Kier molecular flexibility index (Phi) is 3.28. The molecule has 19 heavy (non-hydrogen) atoms.